The molecule has 0 aromatic heterocycles. The molecule has 1 aliphatic rings. The van der Waals surface area contributed by atoms with E-state index in [-0.39, 0.29) is 0 Å². The minimum Gasteiger partial charge on any atom is -0.389 e. The van der Waals surface area contributed by atoms with Crippen LogP contribution in [-0.2, 0) is 0 Å². The van der Waals surface area contributed by atoms with E-state index in [0.717, 1.165) is 29.0 Å². The van der Waals surface area contributed by atoms with Crippen molar-refractivity contribution in [1.29, 1.82) is 0 Å². The van der Waals surface area contributed by atoms with Crippen LogP contribution in [0.25, 0.3) is 0 Å². The zero-order chi connectivity index (χ0) is 14.7. The first-order valence-corrected chi connectivity index (χ1v) is 8.14. The summed E-state index contributed by atoms with van der Waals surface area (Å²) in [7, 11) is 4.30. The van der Waals surface area contributed by atoms with Gasteiger partial charge in [0.05, 0.1) is 6.10 Å². The van der Waals surface area contributed by atoms with Crippen LogP contribution in [0.3, 0.4) is 0 Å². The number of hydrogen-bond donors (Lipinski definition) is 1. The molecule has 20 heavy (non-hydrogen) atoms. The standard InChI is InChI=1S/C16H25BrN2O/c1-12(20)15-5-4-14(10-16(15)17)19-8-6-13(7-9-19)11-18(2)3/h4-5,10,12-13,20H,6-9,11H2,1-3H3/t12-/m0/s1. The second-order valence-electron chi connectivity index (χ2n) is 6.07. The van der Waals surface area contributed by atoms with Gasteiger partial charge in [0.25, 0.3) is 0 Å². The van der Waals surface area contributed by atoms with Crippen LogP contribution in [-0.4, -0.2) is 43.7 Å². The smallest absolute Gasteiger partial charge is 0.0772 e. The summed E-state index contributed by atoms with van der Waals surface area (Å²) >= 11 is 3.57. The second-order valence-corrected chi connectivity index (χ2v) is 6.93. The van der Waals surface area contributed by atoms with Crippen molar-refractivity contribution in [1.82, 2.24) is 4.90 Å². The predicted octanol–water partition coefficient (Wildman–Crippen LogP) is 3.28. The third kappa shape index (κ3) is 3.96. The van der Waals surface area contributed by atoms with Crippen molar-refractivity contribution < 1.29 is 5.11 Å². The van der Waals surface area contributed by atoms with Crippen molar-refractivity contribution in [3.8, 4) is 0 Å². The van der Waals surface area contributed by atoms with Crippen molar-refractivity contribution in [2.24, 2.45) is 5.92 Å². The first-order chi connectivity index (χ1) is 9.47. The molecule has 1 N–H and O–H groups in total. The molecule has 1 atom stereocenters. The van der Waals surface area contributed by atoms with Gasteiger partial charge in [-0.3, -0.25) is 0 Å². The molecule has 0 unspecified atom stereocenters. The second kappa shape index (κ2) is 6.92. The molecular formula is C16H25BrN2O. The monoisotopic (exact) mass is 340 g/mol. The lowest BCUT2D eigenvalue weighted by Gasteiger charge is -2.35. The Morgan fingerprint density at radius 1 is 1.35 bits per heavy atom. The normalized spacial score (nSPS) is 18.6. The Balaban J connectivity index is 1.98. The van der Waals surface area contributed by atoms with Crippen molar-refractivity contribution in [3.63, 3.8) is 0 Å². The van der Waals surface area contributed by atoms with Crippen LogP contribution in [0, 0.1) is 5.92 Å². The topological polar surface area (TPSA) is 26.7 Å². The largest absolute Gasteiger partial charge is 0.389 e. The number of anilines is 1. The number of benzene rings is 1. The number of rotatable bonds is 4. The summed E-state index contributed by atoms with van der Waals surface area (Å²) in [4.78, 5) is 4.73. The number of nitrogens with zero attached hydrogens (tertiary/aromatic N) is 2. The van der Waals surface area contributed by atoms with E-state index < -0.39 is 6.10 Å². The maximum atomic E-state index is 9.68. The molecule has 0 aliphatic carbocycles. The molecule has 4 heteroatoms. The van der Waals surface area contributed by atoms with Crippen LogP contribution in [0.4, 0.5) is 5.69 Å². The van der Waals surface area contributed by atoms with Crippen molar-refractivity contribution in [2.45, 2.75) is 25.9 Å². The summed E-state index contributed by atoms with van der Waals surface area (Å²) in [6.07, 6.45) is 2.09. The van der Waals surface area contributed by atoms with E-state index in [9.17, 15) is 5.11 Å². The molecule has 1 aliphatic heterocycles. The third-order valence-electron chi connectivity index (χ3n) is 4.04. The number of aliphatic hydroxyl groups is 1. The Morgan fingerprint density at radius 2 is 2.00 bits per heavy atom. The van der Waals surface area contributed by atoms with E-state index >= 15 is 0 Å². The van der Waals surface area contributed by atoms with Crippen molar-refractivity contribution >= 4 is 21.6 Å². The van der Waals surface area contributed by atoms with Gasteiger partial charge in [-0.2, -0.15) is 0 Å². The number of aliphatic hydroxyl groups excluding tert-OH is 1. The van der Waals surface area contributed by atoms with Gasteiger partial charge >= 0.3 is 0 Å². The molecule has 0 spiro atoms. The van der Waals surface area contributed by atoms with Gasteiger partial charge in [-0.25, -0.2) is 0 Å². The SMILES string of the molecule is C[C@H](O)c1ccc(N2CCC(CN(C)C)CC2)cc1Br. The molecule has 0 saturated carbocycles. The summed E-state index contributed by atoms with van der Waals surface area (Å²) < 4.78 is 1.00. The molecule has 1 fully saturated rings. The van der Waals surface area contributed by atoms with Crippen LogP contribution < -0.4 is 4.90 Å². The van der Waals surface area contributed by atoms with Gasteiger partial charge in [0.15, 0.2) is 0 Å². The fourth-order valence-corrected chi connectivity index (χ4v) is 3.64. The zero-order valence-corrected chi connectivity index (χ0v) is 14.2. The summed E-state index contributed by atoms with van der Waals surface area (Å²) in [5.41, 5.74) is 2.21. The maximum absolute atomic E-state index is 9.68. The van der Waals surface area contributed by atoms with Gasteiger partial charge in [-0.05, 0) is 57.5 Å². The van der Waals surface area contributed by atoms with Crippen LogP contribution in [0.1, 0.15) is 31.4 Å². The summed E-state index contributed by atoms with van der Waals surface area (Å²) in [5.74, 6) is 0.821. The average Bonchev–Trinajstić information content (AvgIpc) is 2.38. The summed E-state index contributed by atoms with van der Waals surface area (Å²) in [5, 5.41) is 9.68. The molecule has 1 aromatic carbocycles. The number of piperidine rings is 1. The summed E-state index contributed by atoms with van der Waals surface area (Å²) in [6.45, 7) is 5.24. The molecule has 2 rings (SSSR count). The highest BCUT2D eigenvalue weighted by Gasteiger charge is 2.20. The predicted molar refractivity (Wildman–Crippen MR) is 88.3 cm³/mol. The Bertz CT molecular complexity index is 440. The van der Waals surface area contributed by atoms with E-state index in [0.29, 0.717) is 0 Å². The Labute approximate surface area is 130 Å². The zero-order valence-electron chi connectivity index (χ0n) is 12.6. The van der Waals surface area contributed by atoms with Crippen molar-refractivity contribution in [2.75, 3.05) is 38.6 Å². The van der Waals surface area contributed by atoms with Gasteiger partial charge in [0.2, 0.25) is 0 Å². The summed E-state index contributed by atoms with van der Waals surface area (Å²) in [6, 6.07) is 6.28. The van der Waals surface area contributed by atoms with E-state index in [1.807, 2.05) is 6.07 Å². The Kier molecular flexibility index (Phi) is 5.47. The molecule has 1 heterocycles. The van der Waals surface area contributed by atoms with Crippen LogP contribution >= 0.6 is 15.9 Å². The highest BCUT2D eigenvalue weighted by Crippen LogP contribution is 2.30. The lowest BCUT2D eigenvalue weighted by Crippen LogP contribution is -2.37. The number of halogens is 1. The van der Waals surface area contributed by atoms with E-state index in [4.69, 9.17) is 0 Å². The van der Waals surface area contributed by atoms with Crippen molar-refractivity contribution in [3.05, 3.63) is 28.2 Å². The molecule has 112 valence electrons. The van der Waals surface area contributed by atoms with Crippen LogP contribution in [0.5, 0.6) is 0 Å². The van der Waals surface area contributed by atoms with Crippen LogP contribution in [0.15, 0.2) is 22.7 Å². The van der Waals surface area contributed by atoms with Gasteiger partial charge < -0.3 is 14.9 Å². The lowest BCUT2D eigenvalue weighted by atomic mass is 9.96. The molecule has 1 aromatic rings. The highest BCUT2D eigenvalue weighted by atomic mass is 79.9. The molecular weight excluding hydrogens is 316 g/mol. The molecule has 0 amide bonds. The highest BCUT2D eigenvalue weighted by molar-refractivity contribution is 9.10. The molecule has 0 radical (unpaired) electrons. The number of hydrogen-bond acceptors (Lipinski definition) is 3. The first kappa shape index (κ1) is 15.8. The first-order valence-electron chi connectivity index (χ1n) is 7.34. The van der Waals surface area contributed by atoms with E-state index in [1.165, 1.54) is 25.1 Å². The van der Waals surface area contributed by atoms with Crippen LogP contribution in [0.2, 0.25) is 0 Å². The maximum Gasteiger partial charge on any atom is 0.0772 e. The molecule has 3 nitrogen and oxygen atoms in total. The van der Waals surface area contributed by atoms with E-state index in [1.54, 1.807) is 6.92 Å². The van der Waals surface area contributed by atoms with Gasteiger partial charge in [-0.15, -0.1) is 0 Å². The van der Waals surface area contributed by atoms with Gasteiger partial charge in [0, 0.05) is 29.8 Å². The minimum absolute atomic E-state index is 0.427. The minimum atomic E-state index is -0.427. The van der Waals surface area contributed by atoms with Gasteiger partial charge in [-0.1, -0.05) is 22.0 Å². The molecule has 0 bridgehead atoms. The Morgan fingerprint density at radius 3 is 2.50 bits per heavy atom. The average molecular weight is 341 g/mol. The Hall–Kier alpha value is -0.580. The fraction of sp³-hybridized carbons (Fsp3) is 0.625. The van der Waals surface area contributed by atoms with Gasteiger partial charge in [0.1, 0.15) is 0 Å². The third-order valence-corrected chi connectivity index (χ3v) is 4.72. The fourth-order valence-electron chi connectivity index (χ4n) is 2.94. The lowest BCUT2D eigenvalue weighted by molar-refractivity contribution is 0.198. The van der Waals surface area contributed by atoms with E-state index in [2.05, 4.69) is 52.0 Å². The molecule has 1 saturated heterocycles. The quantitative estimate of drug-likeness (QED) is 0.911.